The van der Waals surface area contributed by atoms with E-state index in [4.69, 9.17) is 4.74 Å². The third-order valence-electron chi connectivity index (χ3n) is 4.33. The van der Waals surface area contributed by atoms with Gasteiger partial charge in [-0.15, -0.1) is 0 Å². The monoisotopic (exact) mass is 326 g/mol. The maximum atomic E-state index is 6.10. The summed E-state index contributed by atoms with van der Waals surface area (Å²) in [7, 11) is 4.21. The van der Waals surface area contributed by atoms with Gasteiger partial charge >= 0.3 is 0 Å². The lowest BCUT2D eigenvalue weighted by Crippen LogP contribution is -2.43. The minimum Gasteiger partial charge on any atom is -0.492 e. The van der Waals surface area contributed by atoms with Crippen molar-refractivity contribution in [2.24, 2.45) is 0 Å². The van der Waals surface area contributed by atoms with Crippen molar-refractivity contribution in [1.29, 1.82) is 0 Å². The van der Waals surface area contributed by atoms with E-state index < -0.39 is 0 Å². The Balaban J connectivity index is 1.86. The number of fused-ring (bicyclic) bond motifs is 1. The fourth-order valence-electron chi connectivity index (χ4n) is 3.12. The summed E-state index contributed by atoms with van der Waals surface area (Å²) in [4.78, 5) is 13.4. The van der Waals surface area contributed by atoms with Gasteiger partial charge in [-0.2, -0.15) is 0 Å². The highest BCUT2D eigenvalue weighted by molar-refractivity contribution is 5.37. The summed E-state index contributed by atoms with van der Waals surface area (Å²) in [6.07, 6.45) is 3.86. The van der Waals surface area contributed by atoms with Crippen molar-refractivity contribution >= 4 is 0 Å². The smallest absolute Gasteiger partial charge is 0.125 e. The molecule has 5 heteroatoms. The van der Waals surface area contributed by atoms with Crippen molar-refractivity contribution in [1.82, 2.24) is 19.8 Å². The number of rotatable bonds is 4. The van der Waals surface area contributed by atoms with Gasteiger partial charge < -0.3 is 9.64 Å². The molecule has 2 aromatic rings. The summed E-state index contributed by atoms with van der Waals surface area (Å²) >= 11 is 0. The summed E-state index contributed by atoms with van der Waals surface area (Å²) in [5, 5.41) is 0. The van der Waals surface area contributed by atoms with E-state index in [0.29, 0.717) is 12.6 Å². The third kappa shape index (κ3) is 4.10. The molecule has 0 fully saturated rings. The molecule has 24 heavy (non-hydrogen) atoms. The van der Waals surface area contributed by atoms with Crippen LogP contribution in [0.15, 0.2) is 30.6 Å². The van der Waals surface area contributed by atoms with Gasteiger partial charge in [0.25, 0.3) is 0 Å². The van der Waals surface area contributed by atoms with Gasteiger partial charge in [0.1, 0.15) is 18.2 Å². The van der Waals surface area contributed by atoms with E-state index in [2.05, 4.69) is 59.0 Å². The highest BCUT2D eigenvalue weighted by Crippen LogP contribution is 2.27. The molecule has 2 heterocycles. The second kappa shape index (κ2) is 7.28. The quantitative estimate of drug-likeness (QED) is 0.863. The molecule has 0 unspecified atom stereocenters. The van der Waals surface area contributed by atoms with Crippen molar-refractivity contribution in [3.8, 4) is 5.75 Å². The Hall–Kier alpha value is -1.98. The number of hydrogen-bond acceptors (Lipinski definition) is 5. The number of benzene rings is 1. The first-order valence-corrected chi connectivity index (χ1v) is 8.40. The van der Waals surface area contributed by atoms with Crippen LogP contribution in [0.2, 0.25) is 0 Å². The first-order chi connectivity index (χ1) is 11.5. The Labute approximate surface area is 144 Å². The number of aryl methyl sites for hydroxylation is 2. The molecule has 0 spiro atoms. The van der Waals surface area contributed by atoms with Crippen LogP contribution in [0.5, 0.6) is 5.75 Å². The number of ether oxygens (including phenoxy) is 1. The summed E-state index contributed by atoms with van der Waals surface area (Å²) in [5.41, 5.74) is 3.66. The second-order valence-electron chi connectivity index (χ2n) is 6.88. The molecule has 0 bridgehead atoms. The van der Waals surface area contributed by atoms with Crippen LogP contribution in [0.4, 0.5) is 0 Å². The molecule has 0 saturated carbocycles. The van der Waals surface area contributed by atoms with Crippen molar-refractivity contribution in [2.45, 2.75) is 33.0 Å². The van der Waals surface area contributed by atoms with Gasteiger partial charge in [-0.25, -0.2) is 9.97 Å². The summed E-state index contributed by atoms with van der Waals surface area (Å²) in [6.45, 7) is 7.40. The molecule has 5 nitrogen and oxygen atoms in total. The Morgan fingerprint density at radius 1 is 1.21 bits per heavy atom. The molecule has 3 rings (SSSR count). The third-order valence-corrected chi connectivity index (χ3v) is 4.33. The molecule has 0 radical (unpaired) electrons. The molecule has 1 atom stereocenters. The lowest BCUT2D eigenvalue weighted by atomic mass is 10.1. The van der Waals surface area contributed by atoms with E-state index in [1.807, 2.05) is 19.3 Å². The Morgan fingerprint density at radius 2 is 1.96 bits per heavy atom. The second-order valence-corrected chi connectivity index (χ2v) is 6.88. The molecule has 1 aromatic heterocycles. The van der Waals surface area contributed by atoms with Crippen LogP contribution >= 0.6 is 0 Å². The predicted molar refractivity (Wildman–Crippen MR) is 95.0 cm³/mol. The zero-order valence-electron chi connectivity index (χ0n) is 15.0. The molecule has 128 valence electrons. The standard InChI is InChI=1S/C19H26N4O/c1-14-5-6-19-17(7-14)11-23(18(13-24-19)12-22(3)4)10-16-8-20-15(2)21-9-16/h5-9,18H,10-13H2,1-4H3/t18-/m0/s1. The SMILES string of the molecule is Cc1ccc2c(c1)CN(Cc1cnc(C)nc1)[C@@H](CN(C)C)CO2. The Kier molecular flexibility index (Phi) is 5.11. The van der Waals surface area contributed by atoms with E-state index in [-0.39, 0.29) is 0 Å². The molecule has 1 aliphatic rings. The van der Waals surface area contributed by atoms with E-state index in [1.165, 1.54) is 11.1 Å². The van der Waals surface area contributed by atoms with Crippen LogP contribution in [-0.4, -0.2) is 53.1 Å². The first kappa shape index (κ1) is 16.9. The van der Waals surface area contributed by atoms with Crippen LogP contribution in [-0.2, 0) is 13.1 Å². The van der Waals surface area contributed by atoms with Crippen LogP contribution in [0.25, 0.3) is 0 Å². The highest BCUT2D eigenvalue weighted by atomic mass is 16.5. The average molecular weight is 326 g/mol. The molecule has 1 aromatic carbocycles. The van der Waals surface area contributed by atoms with E-state index >= 15 is 0 Å². The van der Waals surface area contributed by atoms with Crippen molar-refractivity contribution in [3.05, 3.63) is 53.1 Å². The predicted octanol–water partition coefficient (Wildman–Crippen LogP) is 2.42. The van der Waals surface area contributed by atoms with Gasteiger partial charge in [0.2, 0.25) is 0 Å². The van der Waals surface area contributed by atoms with E-state index in [9.17, 15) is 0 Å². The van der Waals surface area contributed by atoms with Crippen LogP contribution in [0.1, 0.15) is 22.5 Å². The normalized spacial score (nSPS) is 18.1. The van der Waals surface area contributed by atoms with Gasteiger partial charge in [0.15, 0.2) is 0 Å². The molecule has 1 aliphatic heterocycles. The molecule has 0 saturated heterocycles. The van der Waals surface area contributed by atoms with E-state index in [0.717, 1.165) is 36.8 Å². The fourth-order valence-corrected chi connectivity index (χ4v) is 3.12. The molecule has 0 amide bonds. The number of nitrogens with zero attached hydrogens (tertiary/aromatic N) is 4. The minimum absolute atomic E-state index is 0.328. The van der Waals surface area contributed by atoms with Gasteiger partial charge in [0.05, 0.1) is 6.04 Å². The van der Waals surface area contributed by atoms with Crippen LogP contribution < -0.4 is 4.74 Å². The largest absolute Gasteiger partial charge is 0.492 e. The molecule has 0 aliphatic carbocycles. The first-order valence-electron chi connectivity index (χ1n) is 8.40. The van der Waals surface area contributed by atoms with Crippen molar-refractivity contribution < 1.29 is 4.74 Å². The van der Waals surface area contributed by atoms with Gasteiger partial charge in [-0.3, -0.25) is 4.90 Å². The Morgan fingerprint density at radius 3 is 2.67 bits per heavy atom. The minimum atomic E-state index is 0.328. The fraction of sp³-hybridized carbons (Fsp3) is 0.474. The molecular formula is C19H26N4O. The maximum absolute atomic E-state index is 6.10. The van der Waals surface area contributed by atoms with Crippen LogP contribution in [0.3, 0.4) is 0 Å². The summed E-state index contributed by atoms with van der Waals surface area (Å²) in [5.74, 6) is 1.82. The Bertz CT molecular complexity index is 684. The summed E-state index contributed by atoms with van der Waals surface area (Å²) in [6, 6.07) is 6.76. The number of hydrogen-bond donors (Lipinski definition) is 0. The zero-order valence-corrected chi connectivity index (χ0v) is 15.0. The number of likely N-dealkylation sites (N-methyl/N-ethyl adjacent to an activating group) is 1. The lowest BCUT2D eigenvalue weighted by molar-refractivity contribution is 0.113. The summed E-state index contributed by atoms with van der Waals surface area (Å²) < 4.78 is 6.10. The molecule has 0 N–H and O–H groups in total. The number of aromatic nitrogens is 2. The van der Waals surface area contributed by atoms with Gasteiger partial charge in [-0.1, -0.05) is 17.7 Å². The van der Waals surface area contributed by atoms with Crippen molar-refractivity contribution in [3.63, 3.8) is 0 Å². The van der Waals surface area contributed by atoms with Crippen LogP contribution in [0, 0.1) is 13.8 Å². The van der Waals surface area contributed by atoms with Gasteiger partial charge in [0, 0.05) is 43.2 Å². The topological polar surface area (TPSA) is 41.5 Å². The zero-order chi connectivity index (χ0) is 17.1. The lowest BCUT2D eigenvalue weighted by Gasteiger charge is -2.31. The highest BCUT2D eigenvalue weighted by Gasteiger charge is 2.25. The maximum Gasteiger partial charge on any atom is 0.125 e. The molecular weight excluding hydrogens is 300 g/mol. The average Bonchev–Trinajstić information content (AvgIpc) is 2.69. The van der Waals surface area contributed by atoms with E-state index in [1.54, 1.807) is 0 Å². The van der Waals surface area contributed by atoms with Crippen molar-refractivity contribution in [2.75, 3.05) is 27.2 Å². The van der Waals surface area contributed by atoms with Gasteiger partial charge in [-0.05, 0) is 34.0 Å².